The van der Waals surface area contributed by atoms with E-state index in [1.807, 2.05) is 39.8 Å². The van der Waals surface area contributed by atoms with Crippen molar-refractivity contribution < 1.29 is 32.8 Å². The molecule has 0 aromatic heterocycles. The molecule has 0 atom stereocenters. The van der Waals surface area contributed by atoms with E-state index in [-0.39, 0.29) is 36.0 Å². The van der Waals surface area contributed by atoms with Crippen molar-refractivity contribution in [3.8, 4) is 11.5 Å². The first-order valence-electron chi connectivity index (χ1n) is 11.9. The van der Waals surface area contributed by atoms with Crippen molar-refractivity contribution in [2.45, 2.75) is 64.6 Å². The lowest BCUT2D eigenvalue weighted by Crippen LogP contribution is -2.41. The second-order valence-electron chi connectivity index (χ2n) is 10.4. The summed E-state index contributed by atoms with van der Waals surface area (Å²) in [5.74, 6) is -0.521. The van der Waals surface area contributed by atoms with Crippen molar-refractivity contribution in [1.29, 1.82) is 0 Å². The molecular weight excluding hydrogens is 452 g/mol. The quantitative estimate of drug-likeness (QED) is 0.374. The molecule has 1 amide bonds. The van der Waals surface area contributed by atoms with Crippen LogP contribution in [-0.2, 0) is 14.1 Å². The summed E-state index contributed by atoms with van der Waals surface area (Å²) < 4.78 is 38.7. The second kappa shape index (κ2) is 8.34. The molecule has 1 saturated carbocycles. The molecule has 0 bridgehead atoms. The third-order valence-corrected chi connectivity index (χ3v) is 7.21. The zero-order chi connectivity index (χ0) is 25.1. The zero-order valence-corrected chi connectivity index (χ0v) is 20.6. The van der Waals surface area contributed by atoms with Crippen LogP contribution in [0.25, 0.3) is 0 Å². The molecule has 5 rings (SSSR count). The Morgan fingerprint density at radius 2 is 1.80 bits per heavy atom. The summed E-state index contributed by atoms with van der Waals surface area (Å²) in [6, 6.07) is 8.02. The molecule has 9 heteroatoms. The molecule has 7 nitrogen and oxygen atoms in total. The summed E-state index contributed by atoms with van der Waals surface area (Å²) in [4.78, 5) is 27.1. The molecule has 35 heavy (non-hydrogen) atoms. The molecule has 1 saturated heterocycles. The van der Waals surface area contributed by atoms with Gasteiger partial charge in [-0.2, -0.15) is 0 Å². The largest absolute Gasteiger partial charge is 0.498 e. The smallest absolute Gasteiger partial charge is 0.491 e. The fraction of sp³-hybridized carbons (Fsp3) is 0.462. The minimum Gasteiger partial charge on any atom is -0.491 e. The van der Waals surface area contributed by atoms with E-state index in [1.165, 1.54) is 24.0 Å². The number of carbonyl (C=O) groups is 2. The number of ether oxygens (including phenoxy) is 2. The lowest BCUT2D eigenvalue weighted by Gasteiger charge is -2.32. The topological polar surface area (TPSA) is 74.3 Å². The molecular formula is C26H29BFNO6. The van der Waals surface area contributed by atoms with Gasteiger partial charge in [-0.15, -0.1) is 0 Å². The van der Waals surface area contributed by atoms with Gasteiger partial charge in [0.15, 0.2) is 5.75 Å². The standard InChI is InChI=1S/C26H29BFNO6/c1-15(30)33-23-20(27-34-25(2,3)26(4,5)35-27)13-18(28)14-21(23)29-10-11-32-22-12-17(16-6-7-16)8-9-19(22)24(29)31/h8-9,12-14,16H,6-7,10-11H2,1-5H3. The van der Waals surface area contributed by atoms with Gasteiger partial charge in [0, 0.05) is 18.5 Å². The van der Waals surface area contributed by atoms with Crippen LogP contribution in [0.1, 0.15) is 69.3 Å². The van der Waals surface area contributed by atoms with Crippen LogP contribution >= 0.6 is 0 Å². The van der Waals surface area contributed by atoms with Crippen molar-refractivity contribution >= 4 is 30.1 Å². The van der Waals surface area contributed by atoms with Gasteiger partial charge in [0.05, 0.1) is 29.0 Å². The molecule has 0 radical (unpaired) electrons. The van der Waals surface area contributed by atoms with Gasteiger partial charge in [0.1, 0.15) is 18.2 Å². The third kappa shape index (κ3) is 4.32. The van der Waals surface area contributed by atoms with Gasteiger partial charge in [-0.05, 0) is 70.2 Å². The molecule has 0 N–H and O–H groups in total. The maximum absolute atomic E-state index is 15.0. The summed E-state index contributed by atoms with van der Waals surface area (Å²) in [7, 11) is -0.990. The van der Waals surface area contributed by atoms with Gasteiger partial charge in [0.25, 0.3) is 5.91 Å². The monoisotopic (exact) mass is 481 g/mol. The van der Waals surface area contributed by atoms with Crippen molar-refractivity contribution in [3.63, 3.8) is 0 Å². The Hall–Kier alpha value is -2.91. The predicted octanol–water partition coefficient (Wildman–Crippen LogP) is 3.97. The average molecular weight is 481 g/mol. The third-order valence-electron chi connectivity index (χ3n) is 7.21. The van der Waals surface area contributed by atoms with Crippen LogP contribution < -0.4 is 19.8 Å². The lowest BCUT2D eigenvalue weighted by atomic mass is 9.77. The highest BCUT2D eigenvalue weighted by Crippen LogP contribution is 2.43. The van der Waals surface area contributed by atoms with Crippen LogP contribution in [-0.4, -0.2) is 43.3 Å². The summed E-state index contributed by atoms with van der Waals surface area (Å²) in [5.41, 5.74) is 0.472. The van der Waals surface area contributed by atoms with E-state index in [2.05, 4.69) is 0 Å². The first-order valence-corrected chi connectivity index (χ1v) is 11.9. The fourth-order valence-corrected chi connectivity index (χ4v) is 4.43. The number of amides is 1. The Bertz CT molecular complexity index is 1190. The number of hydrogen-bond acceptors (Lipinski definition) is 6. The zero-order valence-electron chi connectivity index (χ0n) is 20.6. The maximum atomic E-state index is 15.0. The SMILES string of the molecule is CC(=O)Oc1c(B2OC(C)(C)C(C)(C)O2)cc(F)cc1N1CCOc2cc(C3CC3)ccc2C1=O. The Morgan fingerprint density at radius 3 is 2.43 bits per heavy atom. The van der Waals surface area contributed by atoms with Crippen LogP contribution in [0, 0.1) is 5.82 Å². The van der Waals surface area contributed by atoms with E-state index < -0.39 is 30.1 Å². The predicted molar refractivity (Wildman–Crippen MR) is 129 cm³/mol. The molecule has 2 heterocycles. The summed E-state index contributed by atoms with van der Waals surface area (Å²) in [6.45, 7) is 9.11. The molecule has 0 unspecified atom stereocenters. The molecule has 2 aliphatic heterocycles. The minimum atomic E-state index is -0.990. The molecule has 1 aliphatic carbocycles. The van der Waals surface area contributed by atoms with E-state index in [0.717, 1.165) is 18.4 Å². The van der Waals surface area contributed by atoms with Crippen LogP contribution in [0.5, 0.6) is 11.5 Å². The molecule has 2 aromatic carbocycles. The molecule has 0 spiro atoms. The maximum Gasteiger partial charge on any atom is 0.498 e. The van der Waals surface area contributed by atoms with Gasteiger partial charge in [-0.1, -0.05) is 6.07 Å². The van der Waals surface area contributed by atoms with Crippen LogP contribution in [0.4, 0.5) is 10.1 Å². The second-order valence-corrected chi connectivity index (χ2v) is 10.4. The Morgan fingerprint density at radius 1 is 1.11 bits per heavy atom. The van der Waals surface area contributed by atoms with Crippen LogP contribution in [0.3, 0.4) is 0 Å². The van der Waals surface area contributed by atoms with Crippen molar-refractivity contribution in [1.82, 2.24) is 0 Å². The van der Waals surface area contributed by atoms with Gasteiger partial charge >= 0.3 is 13.1 Å². The number of benzene rings is 2. The van der Waals surface area contributed by atoms with Gasteiger partial charge in [0.2, 0.25) is 0 Å². The van der Waals surface area contributed by atoms with Crippen molar-refractivity contribution in [2.75, 3.05) is 18.1 Å². The summed E-state index contributed by atoms with van der Waals surface area (Å²) >= 11 is 0. The number of carbonyl (C=O) groups excluding carboxylic acids is 2. The van der Waals surface area contributed by atoms with Gasteiger partial charge < -0.3 is 23.7 Å². The first kappa shape index (κ1) is 23.8. The van der Waals surface area contributed by atoms with Crippen molar-refractivity contribution in [3.05, 3.63) is 47.3 Å². The van der Waals surface area contributed by atoms with E-state index in [4.69, 9.17) is 18.8 Å². The normalized spacial score (nSPS) is 20.8. The fourth-order valence-electron chi connectivity index (χ4n) is 4.43. The highest BCUT2D eigenvalue weighted by atomic mass is 19.1. The Balaban J connectivity index is 1.58. The molecule has 2 aromatic rings. The van der Waals surface area contributed by atoms with Crippen LogP contribution in [0.15, 0.2) is 30.3 Å². The number of nitrogens with zero attached hydrogens (tertiary/aromatic N) is 1. The number of anilines is 1. The summed E-state index contributed by atoms with van der Waals surface area (Å²) in [5, 5.41) is 0. The van der Waals surface area contributed by atoms with Gasteiger partial charge in [-0.25, -0.2) is 4.39 Å². The molecule has 2 fully saturated rings. The number of fused-ring (bicyclic) bond motifs is 1. The lowest BCUT2D eigenvalue weighted by molar-refractivity contribution is -0.131. The highest BCUT2D eigenvalue weighted by molar-refractivity contribution is 6.63. The van der Waals surface area contributed by atoms with Crippen molar-refractivity contribution in [2.24, 2.45) is 0 Å². The average Bonchev–Trinajstić information content (AvgIpc) is 3.59. The van der Waals surface area contributed by atoms with Crippen LogP contribution in [0.2, 0.25) is 0 Å². The summed E-state index contributed by atoms with van der Waals surface area (Å²) in [6.07, 6.45) is 2.27. The number of hydrogen-bond donors (Lipinski definition) is 0. The number of rotatable bonds is 4. The minimum absolute atomic E-state index is 0.0313. The number of halogens is 1. The Kier molecular flexibility index (Phi) is 5.68. The number of esters is 1. The van der Waals surface area contributed by atoms with E-state index >= 15 is 0 Å². The highest BCUT2D eigenvalue weighted by Gasteiger charge is 2.53. The molecule has 3 aliphatic rings. The van der Waals surface area contributed by atoms with E-state index in [1.54, 1.807) is 6.07 Å². The Labute approximate surface area is 204 Å². The molecule has 184 valence electrons. The van der Waals surface area contributed by atoms with E-state index in [0.29, 0.717) is 17.2 Å². The van der Waals surface area contributed by atoms with Gasteiger partial charge in [-0.3, -0.25) is 9.59 Å². The van der Waals surface area contributed by atoms with E-state index in [9.17, 15) is 14.0 Å². The first-order chi connectivity index (χ1) is 16.5.